The molecule has 2 nitrogen and oxygen atoms in total. The first-order valence-corrected chi connectivity index (χ1v) is 4.79. The lowest BCUT2D eigenvalue weighted by molar-refractivity contribution is 0.103. The summed E-state index contributed by atoms with van der Waals surface area (Å²) in [5.41, 5.74) is 0.919. The standard InChI is InChI=1S/C13H14O2/c1-3-7-12(10(2)14)13(15)11-8-5-4-6-9-11/h3-9,14H,1-2H3/b7-3-,12-10-. The Morgan fingerprint density at radius 1 is 1.27 bits per heavy atom. The molecule has 0 aliphatic rings. The van der Waals surface area contributed by atoms with E-state index in [-0.39, 0.29) is 11.5 Å². The number of benzene rings is 1. The van der Waals surface area contributed by atoms with Crippen LogP contribution in [0.1, 0.15) is 24.2 Å². The zero-order chi connectivity index (χ0) is 11.3. The largest absolute Gasteiger partial charge is 0.512 e. The average Bonchev–Trinajstić information content (AvgIpc) is 2.26. The molecule has 0 aliphatic heterocycles. The van der Waals surface area contributed by atoms with E-state index in [1.807, 2.05) is 6.07 Å². The first kappa shape index (κ1) is 11.2. The normalized spacial score (nSPS) is 12.7. The second-order valence-corrected chi connectivity index (χ2v) is 3.19. The van der Waals surface area contributed by atoms with E-state index in [2.05, 4.69) is 0 Å². The van der Waals surface area contributed by atoms with Gasteiger partial charge in [0, 0.05) is 5.56 Å². The SMILES string of the molecule is C/C=C\C(C(=O)c1ccccc1)=C(/C)O. The number of rotatable bonds is 3. The molecule has 0 aromatic heterocycles. The maximum absolute atomic E-state index is 11.9. The highest BCUT2D eigenvalue weighted by Gasteiger charge is 2.11. The molecule has 0 saturated carbocycles. The highest BCUT2D eigenvalue weighted by atomic mass is 16.3. The Hall–Kier alpha value is -1.83. The van der Waals surface area contributed by atoms with Crippen LogP contribution >= 0.6 is 0 Å². The van der Waals surface area contributed by atoms with E-state index in [0.717, 1.165) is 0 Å². The second-order valence-electron chi connectivity index (χ2n) is 3.19. The summed E-state index contributed by atoms with van der Waals surface area (Å²) in [5.74, 6) is -0.115. The van der Waals surface area contributed by atoms with Gasteiger partial charge in [-0.25, -0.2) is 0 Å². The predicted octanol–water partition coefficient (Wildman–Crippen LogP) is 3.28. The van der Waals surface area contributed by atoms with Gasteiger partial charge in [0.1, 0.15) is 5.76 Å². The Labute approximate surface area is 89.6 Å². The molecule has 2 heteroatoms. The smallest absolute Gasteiger partial charge is 0.196 e. The lowest BCUT2D eigenvalue weighted by atomic mass is 10.0. The first-order valence-electron chi connectivity index (χ1n) is 4.79. The minimum atomic E-state index is -0.159. The number of allylic oxidation sites excluding steroid dienone is 4. The van der Waals surface area contributed by atoms with Crippen LogP contribution in [-0.4, -0.2) is 10.9 Å². The molecule has 1 rings (SSSR count). The Balaban J connectivity index is 3.09. The van der Waals surface area contributed by atoms with Gasteiger partial charge in [-0.15, -0.1) is 0 Å². The molecule has 1 N–H and O–H groups in total. The number of ketones is 1. The fourth-order valence-electron chi connectivity index (χ4n) is 1.27. The summed E-state index contributed by atoms with van der Waals surface area (Å²) in [6.45, 7) is 3.32. The van der Waals surface area contributed by atoms with Crippen LogP contribution in [0.2, 0.25) is 0 Å². The lowest BCUT2D eigenvalue weighted by Crippen LogP contribution is -2.03. The molecule has 0 heterocycles. The quantitative estimate of drug-likeness (QED) is 0.353. The van der Waals surface area contributed by atoms with Crippen molar-refractivity contribution in [1.82, 2.24) is 0 Å². The highest BCUT2D eigenvalue weighted by Crippen LogP contribution is 2.12. The van der Waals surface area contributed by atoms with Crippen molar-refractivity contribution < 1.29 is 9.90 Å². The van der Waals surface area contributed by atoms with Gasteiger partial charge < -0.3 is 5.11 Å². The summed E-state index contributed by atoms with van der Waals surface area (Å²) in [4.78, 5) is 11.9. The third-order valence-corrected chi connectivity index (χ3v) is 2.00. The summed E-state index contributed by atoms with van der Waals surface area (Å²) >= 11 is 0. The maximum atomic E-state index is 11.9. The molecule has 78 valence electrons. The molecule has 1 aromatic rings. The van der Waals surface area contributed by atoms with Crippen molar-refractivity contribution in [2.24, 2.45) is 0 Å². The van der Waals surface area contributed by atoms with E-state index < -0.39 is 0 Å². The van der Waals surface area contributed by atoms with Crippen molar-refractivity contribution in [3.63, 3.8) is 0 Å². The zero-order valence-electron chi connectivity index (χ0n) is 8.90. The summed E-state index contributed by atoms with van der Waals surface area (Å²) in [6.07, 6.45) is 3.35. The Morgan fingerprint density at radius 2 is 1.87 bits per heavy atom. The molecular formula is C13H14O2. The number of aliphatic hydroxyl groups excluding tert-OH is 1. The summed E-state index contributed by atoms with van der Waals surface area (Å²) < 4.78 is 0. The molecule has 1 aromatic carbocycles. The molecule has 0 aliphatic carbocycles. The summed E-state index contributed by atoms with van der Waals surface area (Å²) in [6, 6.07) is 8.91. The van der Waals surface area contributed by atoms with E-state index in [9.17, 15) is 9.90 Å². The molecule has 15 heavy (non-hydrogen) atoms. The van der Waals surface area contributed by atoms with Crippen LogP contribution in [0.4, 0.5) is 0 Å². The average molecular weight is 202 g/mol. The van der Waals surface area contributed by atoms with E-state index in [0.29, 0.717) is 11.1 Å². The summed E-state index contributed by atoms with van der Waals surface area (Å²) in [7, 11) is 0. The first-order chi connectivity index (χ1) is 7.16. The van der Waals surface area contributed by atoms with Gasteiger partial charge in [0.05, 0.1) is 5.57 Å². The third-order valence-electron chi connectivity index (χ3n) is 2.00. The van der Waals surface area contributed by atoms with Crippen LogP contribution in [0, 0.1) is 0 Å². The Morgan fingerprint density at radius 3 is 2.33 bits per heavy atom. The minimum Gasteiger partial charge on any atom is -0.512 e. The molecule has 0 atom stereocenters. The van der Waals surface area contributed by atoms with Gasteiger partial charge in [0.25, 0.3) is 0 Å². The number of hydrogen-bond acceptors (Lipinski definition) is 2. The van der Waals surface area contributed by atoms with Crippen LogP contribution in [0.15, 0.2) is 53.8 Å². The summed E-state index contributed by atoms with van der Waals surface area (Å²) in [5, 5.41) is 9.38. The fourth-order valence-corrected chi connectivity index (χ4v) is 1.27. The van der Waals surface area contributed by atoms with Crippen LogP contribution in [0.25, 0.3) is 0 Å². The Bertz CT molecular complexity index is 396. The van der Waals surface area contributed by atoms with Crippen molar-refractivity contribution in [1.29, 1.82) is 0 Å². The topological polar surface area (TPSA) is 37.3 Å². The molecule has 0 amide bonds. The van der Waals surface area contributed by atoms with Gasteiger partial charge in [-0.05, 0) is 13.8 Å². The van der Waals surface area contributed by atoms with E-state index in [1.54, 1.807) is 43.3 Å². The molecule has 0 bridgehead atoms. The number of aliphatic hydroxyl groups is 1. The van der Waals surface area contributed by atoms with Crippen molar-refractivity contribution in [3.05, 3.63) is 59.4 Å². The second kappa shape index (κ2) is 5.15. The molecular weight excluding hydrogens is 188 g/mol. The monoisotopic (exact) mass is 202 g/mol. The van der Waals surface area contributed by atoms with Gasteiger partial charge in [-0.3, -0.25) is 4.79 Å². The number of Topliss-reactive ketones (excluding diaryl/α,β-unsaturated/α-hetero) is 1. The Kier molecular flexibility index (Phi) is 3.86. The predicted molar refractivity (Wildman–Crippen MR) is 60.9 cm³/mol. The number of carbonyl (C=O) groups excluding carboxylic acids is 1. The van der Waals surface area contributed by atoms with Crippen molar-refractivity contribution in [2.45, 2.75) is 13.8 Å². The van der Waals surface area contributed by atoms with Gasteiger partial charge >= 0.3 is 0 Å². The van der Waals surface area contributed by atoms with Crippen LogP contribution in [0.5, 0.6) is 0 Å². The van der Waals surface area contributed by atoms with E-state index in [1.165, 1.54) is 6.92 Å². The molecule has 0 unspecified atom stereocenters. The van der Waals surface area contributed by atoms with Crippen LogP contribution in [0.3, 0.4) is 0 Å². The van der Waals surface area contributed by atoms with E-state index in [4.69, 9.17) is 0 Å². The van der Waals surface area contributed by atoms with E-state index >= 15 is 0 Å². The van der Waals surface area contributed by atoms with Gasteiger partial charge in [-0.1, -0.05) is 42.5 Å². The third kappa shape index (κ3) is 2.81. The molecule has 0 spiro atoms. The number of carbonyl (C=O) groups is 1. The van der Waals surface area contributed by atoms with Gasteiger partial charge in [0.15, 0.2) is 5.78 Å². The highest BCUT2D eigenvalue weighted by molar-refractivity contribution is 6.10. The molecule has 0 radical (unpaired) electrons. The van der Waals surface area contributed by atoms with Gasteiger partial charge in [0.2, 0.25) is 0 Å². The lowest BCUT2D eigenvalue weighted by Gasteiger charge is -2.02. The van der Waals surface area contributed by atoms with Crippen LogP contribution < -0.4 is 0 Å². The van der Waals surface area contributed by atoms with Gasteiger partial charge in [-0.2, -0.15) is 0 Å². The van der Waals surface area contributed by atoms with Crippen molar-refractivity contribution in [2.75, 3.05) is 0 Å². The van der Waals surface area contributed by atoms with Crippen molar-refractivity contribution >= 4 is 5.78 Å². The molecule has 0 saturated heterocycles. The molecule has 0 fully saturated rings. The number of hydrogen-bond donors (Lipinski definition) is 1. The zero-order valence-corrected chi connectivity index (χ0v) is 8.90. The fraction of sp³-hybridized carbons (Fsp3) is 0.154. The van der Waals surface area contributed by atoms with Crippen molar-refractivity contribution in [3.8, 4) is 0 Å². The minimum absolute atomic E-state index is 0.0435. The van der Waals surface area contributed by atoms with Crippen LogP contribution in [-0.2, 0) is 0 Å². The maximum Gasteiger partial charge on any atom is 0.196 e.